The Balaban J connectivity index is 2.02. The maximum absolute atomic E-state index is 5.93. The fourth-order valence-electron chi connectivity index (χ4n) is 1.90. The van der Waals surface area contributed by atoms with Gasteiger partial charge in [0.2, 0.25) is 8.32 Å². The van der Waals surface area contributed by atoms with E-state index < -0.39 is 8.32 Å². The molecule has 1 atom stereocenters. The van der Waals surface area contributed by atoms with Gasteiger partial charge in [-0.25, -0.2) is 0 Å². The predicted octanol–water partition coefficient (Wildman–Crippen LogP) is 2.56. The maximum atomic E-state index is 5.93. The molecule has 1 aromatic carbocycles. The minimum atomic E-state index is -1.50. The maximum Gasteiger partial charge on any atom is 0.242 e. The lowest BCUT2D eigenvalue weighted by Gasteiger charge is -2.25. The van der Waals surface area contributed by atoms with Crippen molar-refractivity contribution in [2.45, 2.75) is 25.7 Å². The average molecular weight is 251 g/mol. The number of ether oxygens (including phenoxy) is 1. The lowest BCUT2D eigenvalue weighted by molar-refractivity contribution is 0.0769. The fourth-order valence-corrected chi connectivity index (χ4v) is 2.74. The van der Waals surface area contributed by atoms with Gasteiger partial charge in [0.15, 0.2) is 0 Å². The Bertz CT molecular complexity index is 353. The van der Waals surface area contributed by atoms with E-state index in [4.69, 9.17) is 9.16 Å². The van der Waals surface area contributed by atoms with Gasteiger partial charge in [-0.1, -0.05) is 12.1 Å². The van der Waals surface area contributed by atoms with Gasteiger partial charge in [0, 0.05) is 6.54 Å². The first-order valence-corrected chi connectivity index (χ1v) is 9.55. The van der Waals surface area contributed by atoms with Gasteiger partial charge < -0.3 is 14.5 Å². The van der Waals surface area contributed by atoms with Crippen molar-refractivity contribution in [3.8, 4) is 5.75 Å². The summed E-state index contributed by atoms with van der Waals surface area (Å²) in [6.45, 7) is 9.08. The fraction of sp³-hybridized carbons (Fsp3) is 0.538. The number of hydrogen-bond acceptors (Lipinski definition) is 3. The normalized spacial score (nSPS) is 21.2. The van der Waals surface area contributed by atoms with E-state index >= 15 is 0 Å². The first-order chi connectivity index (χ1) is 8.04. The van der Waals surface area contributed by atoms with Crippen molar-refractivity contribution in [3.05, 3.63) is 29.8 Å². The van der Waals surface area contributed by atoms with Crippen molar-refractivity contribution in [2.24, 2.45) is 0 Å². The summed E-state index contributed by atoms with van der Waals surface area (Å²) in [7, 11) is -1.50. The first-order valence-electron chi connectivity index (χ1n) is 6.15. The summed E-state index contributed by atoms with van der Waals surface area (Å²) in [6, 6.07) is 8.70. The molecule has 0 spiro atoms. The van der Waals surface area contributed by atoms with Gasteiger partial charge in [-0.2, -0.15) is 0 Å². The second kappa shape index (κ2) is 5.21. The van der Waals surface area contributed by atoms with Gasteiger partial charge in [0.1, 0.15) is 5.75 Å². The molecule has 2 rings (SSSR count). The molecule has 1 aromatic rings. The van der Waals surface area contributed by atoms with E-state index in [-0.39, 0.29) is 0 Å². The molecule has 1 heterocycles. The Morgan fingerprint density at radius 1 is 1.24 bits per heavy atom. The zero-order valence-corrected chi connectivity index (χ0v) is 11.8. The van der Waals surface area contributed by atoms with Gasteiger partial charge in [0.25, 0.3) is 0 Å². The molecule has 0 saturated carbocycles. The molecule has 0 bridgehead atoms. The highest BCUT2D eigenvalue weighted by molar-refractivity contribution is 6.70. The highest BCUT2D eigenvalue weighted by Gasteiger charge is 2.17. The van der Waals surface area contributed by atoms with Crippen LogP contribution in [0.2, 0.25) is 19.6 Å². The van der Waals surface area contributed by atoms with Crippen molar-refractivity contribution in [2.75, 3.05) is 19.8 Å². The summed E-state index contributed by atoms with van der Waals surface area (Å²) in [5.74, 6) is 0.977. The van der Waals surface area contributed by atoms with E-state index in [0.717, 1.165) is 25.5 Å². The molecule has 0 unspecified atom stereocenters. The van der Waals surface area contributed by atoms with Crippen LogP contribution in [0, 0.1) is 0 Å². The number of morpholine rings is 1. The van der Waals surface area contributed by atoms with Crippen LogP contribution in [0.1, 0.15) is 11.6 Å². The van der Waals surface area contributed by atoms with E-state index in [9.17, 15) is 0 Å². The van der Waals surface area contributed by atoms with Crippen molar-refractivity contribution in [1.29, 1.82) is 0 Å². The number of rotatable bonds is 3. The van der Waals surface area contributed by atoms with E-state index in [0.29, 0.717) is 6.04 Å². The SMILES string of the molecule is C[Si](C)(C)Oc1ccc([C@@H]2COCCN2)cc1. The average Bonchev–Trinajstić information content (AvgIpc) is 2.29. The van der Waals surface area contributed by atoms with Gasteiger partial charge in [-0.05, 0) is 37.3 Å². The molecule has 0 aliphatic carbocycles. The lowest BCUT2D eigenvalue weighted by Crippen LogP contribution is -2.34. The Hall–Kier alpha value is -0.843. The van der Waals surface area contributed by atoms with E-state index in [1.165, 1.54) is 5.56 Å². The molecule has 17 heavy (non-hydrogen) atoms. The minimum absolute atomic E-state index is 0.324. The second-order valence-electron chi connectivity index (χ2n) is 5.37. The van der Waals surface area contributed by atoms with Crippen LogP contribution in [0.3, 0.4) is 0 Å². The van der Waals surface area contributed by atoms with Crippen molar-refractivity contribution < 1.29 is 9.16 Å². The quantitative estimate of drug-likeness (QED) is 0.838. The number of hydrogen-bond donors (Lipinski definition) is 1. The van der Waals surface area contributed by atoms with Crippen LogP contribution in [0.15, 0.2) is 24.3 Å². The van der Waals surface area contributed by atoms with Crippen LogP contribution in [0.5, 0.6) is 5.75 Å². The summed E-state index contributed by atoms with van der Waals surface area (Å²) in [5, 5.41) is 3.45. The van der Waals surface area contributed by atoms with Gasteiger partial charge in [-0.3, -0.25) is 0 Å². The molecule has 1 saturated heterocycles. The Kier molecular flexibility index (Phi) is 3.86. The van der Waals surface area contributed by atoms with Gasteiger partial charge >= 0.3 is 0 Å². The Morgan fingerprint density at radius 2 is 1.94 bits per heavy atom. The molecule has 1 aliphatic heterocycles. The number of benzene rings is 1. The topological polar surface area (TPSA) is 30.5 Å². The third kappa shape index (κ3) is 3.83. The predicted molar refractivity (Wildman–Crippen MR) is 72.0 cm³/mol. The molecule has 1 fully saturated rings. The highest BCUT2D eigenvalue weighted by atomic mass is 28.4. The van der Waals surface area contributed by atoms with Crippen LogP contribution in [0.4, 0.5) is 0 Å². The Morgan fingerprint density at radius 3 is 2.47 bits per heavy atom. The third-order valence-electron chi connectivity index (χ3n) is 2.63. The minimum Gasteiger partial charge on any atom is -0.544 e. The molecule has 94 valence electrons. The van der Waals surface area contributed by atoms with Crippen molar-refractivity contribution in [1.82, 2.24) is 5.32 Å². The summed E-state index contributed by atoms with van der Waals surface area (Å²) < 4.78 is 11.4. The molecular formula is C13H21NO2Si. The molecule has 0 amide bonds. The second-order valence-corrected chi connectivity index (χ2v) is 9.79. The van der Waals surface area contributed by atoms with E-state index in [2.05, 4.69) is 49.2 Å². The summed E-state index contributed by atoms with van der Waals surface area (Å²) >= 11 is 0. The zero-order valence-electron chi connectivity index (χ0n) is 10.8. The highest BCUT2D eigenvalue weighted by Crippen LogP contribution is 2.21. The molecule has 0 aromatic heterocycles. The third-order valence-corrected chi connectivity index (χ3v) is 3.48. The van der Waals surface area contributed by atoms with Crippen molar-refractivity contribution in [3.63, 3.8) is 0 Å². The van der Waals surface area contributed by atoms with Crippen molar-refractivity contribution >= 4 is 8.32 Å². The van der Waals surface area contributed by atoms with E-state index in [1.807, 2.05) is 0 Å². The lowest BCUT2D eigenvalue weighted by atomic mass is 10.1. The standard InChI is InChI=1S/C13H21NO2Si/c1-17(2,3)16-12-6-4-11(5-7-12)13-10-15-9-8-14-13/h4-7,13-14H,8-10H2,1-3H3/t13-/m0/s1. The number of nitrogens with one attached hydrogen (secondary N) is 1. The van der Waals surface area contributed by atoms with Crippen LogP contribution in [0.25, 0.3) is 0 Å². The summed E-state index contributed by atoms with van der Waals surface area (Å²) in [6.07, 6.45) is 0. The molecule has 4 heteroatoms. The molecule has 3 nitrogen and oxygen atoms in total. The summed E-state index contributed by atoms with van der Waals surface area (Å²) in [5.41, 5.74) is 1.27. The van der Waals surface area contributed by atoms with Gasteiger partial charge in [-0.15, -0.1) is 0 Å². The smallest absolute Gasteiger partial charge is 0.242 e. The van der Waals surface area contributed by atoms with Crippen LogP contribution >= 0.6 is 0 Å². The molecule has 0 radical (unpaired) electrons. The van der Waals surface area contributed by atoms with Crippen LogP contribution in [-0.2, 0) is 4.74 Å². The molecular weight excluding hydrogens is 230 g/mol. The Labute approximate surface area is 104 Å². The summed E-state index contributed by atoms with van der Waals surface area (Å²) in [4.78, 5) is 0. The van der Waals surface area contributed by atoms with Gasteiger partial charge in [0.05, 0.1) is 19.3 Å². The van der Waals surface area contributed by atoms with Crippen LogP contribution in [-0.4, -0.2) is 28.1 Å². The molecule has 1 N–H and O–H groups in total. The zero-order chi connectivity index (χ0) is 12.3. The van der Waals surface area contributed by atoms with E-state index in [1.54, 1.807) is 0 Å². The van der Waals surface area contributed by atoms with Crippen LogP contribution < -0.4 is 9.74 Å². The molecule has 1 aliphatic rings. The monoisotopic (exact) mass is 251 g/mol. The largest absolute Gasteiger partial charge is 0.544 e. The first kappa shape index (κ1) is 12.6.